The standard InChI is InChI=1S/C12H15N5O2/c1-9-3-4-10(7-11(9)17(18)19)13-6-5-12-15-14-8-16(12)2/h3-4,7-8,13H,5-6H2,1-2H3. The number of nitro benzene ring substituents is 1. The first kappa shape index (κ1) is 13.0. The fourth-order valence-corrected chi connectivity index (χ4v) is 1.77. The lowest BCUT2D eigenvalue weighted by molar-refractivity contribution is -0.385. The van der Waals surface area contributed by atoms with Crippen molar-refractivity contribution in [1.82, 2.24) is 14.8 Å². The Morgan fingerprint density at radius 1 is 1.47 bits per heavy atom. The molecule has 0 radical (unpaired) electrons. The fourth-order valence-electron chi connectivity index (χ4n) is 1.77. The number of anilines is 1. The maximum Gasteiger partial charge on any atom is 0.274 e. The van der Waals surface area contributed by atoms with Gasteiger partial charge in [0.15, 0.2) is 0 Å². The minimum atomic E-state index is -0.372. The molecule has 7 heteroatoms. The summed E-state index contributed by atoms with van der Waals surface area (Å²) in [6.45, 7) is 2.37. The third-order valence-corrected chi connectivity index (χ3v) is 2.89. The van der Waals surface area contributed by atoms with Gasteiger partial charge in [0.25, 0.3) is 5.69 Å². The smallest absolute Gasteiger partial charge is 0.274 e. The average Bonchev–Trinajstić information content (AvgIpc) is 2.77. The van der Waals surface area contributed by atoms with E-state index in [2.05, 4.69) is 15.5 Å². The Morgan fingerprint density at radius 2 is 2.26 bits per heavy atom. The number of nitrogens with one attached hydrogen (secondary N) is 1. The molecule has 0 bridgehead atoms. The summed E-state index contributed by atoms with van der Waals surface area (Å²) < 4.78 is 1.85. The molecule has 0 aliphatic heterocycles. The number of aryl methyl sites for hydroxylation is 2. The zero-order chi connectivity index (χ0) is 13.8. The molecule has 1 aromatic heterocycles. The van der Waals surface area contributed by atoms with Gasteiger partial charge in [-0.25, -0.2) is 0 Å². The van der Waals surface area contributed by atoms with Crippen LogP contribution in [0, 0.1) is 17.0 Å². The van der Waals surface area contributed by atoms with E-state index >= 15 is 0 Å². The Balaban J connectivity index is 1.98. The van der Waals surface area contributed by atoms with E-state index in [1.54, 1.807) is 25.4 Å². The van der Waals surface area contributed by atoms with Crippen molar-refractivity contribution in [3.8, 4) is 0 Å². The normalized spacial score (nSPS) is 10.4. The Labute approximate surface area is 110 Å². The first-order valence-corrected chi connectivity index (χ1v) is 5.89. The molecule has 0 unspecified atom stereocenters. The Morgan fingerprint density at radius 3 is 2.89 bits per heavy atom. The highest BCUT2D eigenvalue weighted by molar-refractivity contribution is 5.54. The molecule has 7 nitrogen and oxygen atoms in total. The summed E-state index contributed by atoms with van der Waals surface area (Å²) in [7, 11) is 1.88. The highest BCUT2D eigenvalue weighted by Crippen LogP contribution is 2.22. The van der Waals surface area contributed by atoms with E-state index in [-0.39, 0.29) is 10.6 Å². The molecule has 0 atom stereocenters. The van der Waals surface area contributed by atoms with Gasteiger partial charge in [0.05, 0.1) is 4.92 Å². The van der Waals surface area contributed by atoms with Crippen LogP contribution in [0.1, 0.15) is 11.4 Å². The summed E-state index contributed by atoms with van der Waals surface area (Å²) in [5.74, 6) is 0.870. The van der Waals surface area contributed by atoms with E-state index in [9.17, 15) is 10.1 Å². The summed E-state index contributed by atoms with van der Waals surface area (Å²) in [6, 6.07) is 5.12. The second-order valence-corrected chi connectivity index (χ2v) is 4.29. The number of benzene rings is 1. The Kier molecular flexibility index (Phi) is 3.74. The number of hydrogen-bond donors (Lipinski definition) is 1. The number of nitrogens with zero attached hydrogens (tertiary/aromatic N) is 4. The zero-order valence-electron chi connectivity index (χ0n) is 10.8. The van der Waals surface area contributed by atoms with E-state index in [0.717, 1.165) is 11.5 Å². The topological polar surface area (TPSA) is 85.9 Å². The van der Waals surface area contributed by atoms with E-state index in [4.69, 9.17) is 0 Å². The summed E-state index contributed by atoms with van der Waals surface area (Å²) in [5.41, 5.74) is 1.52. The summed E-state index contributed by atoms with van der Waals surface area (Å²) >= 11 is 0. The lowest BCUT2D eigenvalue weighted by Crippen LogP contribution is -2.08. The molecule has 1 heterocycles. The molecule has 100 valence electrons. The summed E-state index contributed by atoms with van der Waals surface area (Å²) in [5, 5.41) is 21.7. The van der Waals surface area contributed by atoms with Gasteiger partial charge in [-0.2, -0.15) is 0 Å². The van der Waals surface area contributed by atoms with Gasteiger partial charge in [-0.05, 0) is 13.0 Å². The lowest BCUT2D eigenvalue weighted by Gasteiger charge is -2.06. The summed E-state index contributed by atoms with van der Waals surface area (Å²) in [6.07, 6.45) is 2.35. The molecule has 19 heavy (non-hydrogen) atoms. The van der Waals surface area contributed by atoms with Gasteiger partial charge in [-0.15, -0.1) is 10.2 Å². The van der Waals surface area contributed by atoms with Crippen molar-refractivity contribution < 1.29 is 4.92 Å². The van der Waals surface area contributed by atoms with Crippen molar-refractivity contribution in [2.75, 3.05) is 11.9 Å². The molecule has 0 spiro atoms. The van der Waals surface area contributed by atoms with Crippen LogP contribution in [0.5, 0.6) is 0 Å². The highest BCUT2D eigenvalue weighted by atomic mass is 16.6. The van der Waals surface area contributed by atoms with E-state index in [1.807, 2.05) is 17.7 Å². The van der Waals surface area contributed by atoms with Crippen molar-refractivity contribution in [3.63, 3.8) is 0 Å². The maximum atomic E-state index is 10.8. The number of aromatic nitrogens is 3. The van der Waals surface area contributed by atoms with Gasteiger partial charge in [-0.3, -0.25) is 10.1 Å². The van der Waals surface area contributed by atoms with Crippen LogP contribution >= 0.6 is 0 Å². The van der Waals surface area contributed by atoms with Crippen molar-refractivity contribution in [1.29, 1.82) is 0 Å². The van der Waals surface area contributed by atoms with Crippen LogP contribution in [0.4, 0.5) is 11.4 Å². The van der Waals surface area contributed by atoms with Gasteiger partial charge in [-0.1, -0.05) is 6.07 Å². The van der Waals surface area contributed by atoms with Gasteiger partial charge >= 0.3 is 0 Å². The van der Waals surface area contributed by atoms with Crippen LogP contribution in [0.25, 0.3) is 0 Å². The third-order valence-electron chi connectivity index (χ3n) is 2.89. The lowest BCUT2D eigenvalue weighted by atomic mass is 10.2. The first-order chi connectivity index (χ1) is 9.08. The predicted molar refractivity (Wildman–Crippen MR) is 71.0 cm³/mol. The number of hydrogen-bond acceptors (Lipinski definition) is 5. The van der Waals surface area contributed by atoms with Gasteiger partial charge < -0.3 is 9.88 Å². The second-order valence-electron chi connectivity index (χ2n) is 4.29. The van der Waals surface area contributed by atoms with Crippen LogP contribution in [0.2, 0.25) is 0 Å². The molecule has 0 saturated heterocycles. The SMILES string of the molecule is Cc1ccc(NCCc2nncn2C)cc1[N+](=O)[O-]. The molecule has 0 amide bonds. The summed E-state index contributed by atoms with van der Waals surface area (Å²) in [4.78, 5) is 10.5. The van der Waals surface area contributed by atoms with Gasteiger partial charge in [0, 0.05) is 37.3 Å². The molecule has 2 aromatic rings. The van der Waals surface area contributed by atoms with Crippen molar-refractivity contribution >= 4 is 11.4 Å². The molecule has 1 N–H and O–H groups in total. The Hall–Kier alpha value is -2.44. The first-order valence-electron chi connectivity index (χ1n) is 5.89. The van der Waals surface area contributed by atoms with Gasteiger partial charge in [0.1, 0.15) is 12.2 Å². The van der Waals surface area contributed by atoms with Crippen LogP contribution in [0.15, 0.2) is 24.5 Å². The Bertz CT molecular complexity index is 594. The molecule has 0 fully saturated rings. The van der Waals surface area contributed by atoms with Crippen molar-refractivity contribution in [2.45, 2.75) is 13.3 Å². The molecule has 0 saturated carbocycles. The average molecular weight is 261 g/mol. The minimum absolute atomic E-state index is 0.128. The van der Waals surface area contributed by atoms with Crippen molar-refractivity contribution in [2.24, 2.45) is 7.05 Å². The maximum absolute atomic E-state index is 10.8. The molecular weight excluding hydrogens is 246 g/mol. The fraction of sp³-hybridized carbons (Fsp3) is 0.333. The number of nitro groups is 1. The van der Waals surface area contributed by atoms with Crippen LogP contribution in [-0.2, 0) is 13.5 Å². The zero-order valence-corrected chi connectivity index (χ0v) is 10.8. The monoisotopic (exact) mass is 261 g/mol. The second kappa shape index (κ2) is 5.47. The molecule has 0 aliphatic rings. The molecule has 1 aromatic carbocycles. The van der Waals surface area contributed by atoms with Crippen LogP contribution < -0.4 is 5.32 Å². The van der Waals surface area contributed by atoms with E-state index in [0.29, 0.717) is 18.5 Å². The van der Waals surface area contributed by atoms with Crippen LogP contribution in [-0.4, -0.2) is 26.2 Å². The number of rotatable bonds is 5. The molecule has 0 aliphatic carbocycles. The quantitative estimate of drug-likeness (QED) is 0.653. The van der Waals surface area contributed by atoms with Crippen molar-refractivity contribution in [3.05, 3.63) is 46.0 Å². The minimum Gasteiger partial charge on any atom is -0.384 e. The van der Waals surface area contributed by atoms with E-state index < -0.39 is 0 Å². The highest BCUT2D eigenvalue weighted by Gasteiger charge is 2.10. The van der Waals surface area contributed by atoms with Gasteiger partial charge in [0.2, 0.25) is 0 Å². The molecule has 2 rings (SSSR count). The molecular formula is C12H15N5O2. The van der Waals surface area contributed by atoms with E-state index in [1.165, 1.54) is 0 Å². The third kappa shape index (κ3) is 3.06. The largest absolute Gasteiger partial charge is 0.384 e. The predicted octanol–water partition coefficient (Wildman–Crippen LogP) is 1.69. The van der Waals surface area contributed by atoms with Crippen LogP contribution in [0.3, 0.4) is 0 Å².